The minimum absolute atomic E-state index is 0.147. The van der Waals surface area contributed by atoms with Crippen LogP contribution in [0, 0.1) is 0 Å². The summed E-state index contributed by atoms with van der Waals surface area (Å²) in [6, 6.07) is 15.7. The maximum absolute atomic E-state index is 12.7. The van der Waals surface area contributed by atoms with Crippen molar-refractivity contribution >= 4 is 28.2 Å². The highest BCUT2D eigenvalue weighted by Gasteiger charge is 2.23. The van der Waals surface area contributed by atoms with Crippen LogP contribution in [0.5, 0.6) is 5.75 Å². The van der Waals surface area contributed by atoms with Gasteiger partial charge in [0.25, 0.3) is 5.91 Å². The number of carbonyl (C=O) groups excluding carboxylic acids is 2. The number of nitrogens with one attached hydrogen (secondary N) is 1. The molecule has 5 nitrogen and oxygen atoms in total. The number of carbonyl (C=O) groups is 2. The number of thiophene rings is 1. The molecular formula is C25H27NO4S. The van der Waals surface area contributed by atoms with Crippen LogP contribution in [0.1, 0.15) is 42.3 Å². The molecule has 0 bridgehead atoms. The number of rotatable bonds is 9. The number of esters is 1. The summed E-state index contributed by atoms with van der Waals surface area (Å²) in [6.45, 7) is 6.05. The van der Waals surface area contributed by atoms with Gasteiger partial charge in [-0.2, -0.15) is 0 Å². The van der Waals surface area contributed by atoms with Crippen LogP contribution in [0.25, 0.3) is 11.1 Å². The summed E-state index contributed by atoms with van der Waals surface area (Å²) in [5.41, 5.74) is 4.45. The third-order valence-corrected chi connectivity index (χ3v) is 5.79. The second-order valence-electron chi connectivity index (χ2n) is 6.96. The summed E-state index contributed by atoms with van der Waals surface area (Å²) >= 11 is 1.30. The number of ether oxygens (including phenoxy) is 2. The van der Waals surface area contributed by atoms with E-state index in [9.17, 15) is 9.59 Å². The zero-order valence-corrected chi connectivity index (χ0v) is 18.9. The molecule has 1 N–H and O–H groups in total. The van der Waals surface area contributed by atoms with Crippen LogP contribution in [-0.2, 0) is 22.4 Å². The number of anilines is 1. The molecule has 0 aliphatic rings. The number of benzene rings is 2. The Labute approximate surface area is 187 Å². The van der Waals surface area contributed by atoms with Gasteiger partial charge in [-0.1, -0.05) is 50.2 Å². The molecule has 2 aromatic carbocycles. The predicted octanol–water partition coefficient (Wildman–Crippen LogP) is 5.73. The zero-order chi connectivity index (χ0) is 22.2. The molecule has 0 spiro atoms. The van der Waals surface area contributed by atoms with Crippen molar-refractivity contribution < 1.29 is 19.1 Å². The zero-order valence-electron chi connectivity index (χ0n) is 18.1. The normalized spacial score (nSPS) is 10.5. The van der Waals surface area contributed by atoms with Gasteiger partial charge in [-0.05, 0) is 48.6 Å². The maximum Gasteiger partial charge on any atom is 0.341 e. The molecule has 1 aromatic heterocycles. The van der Waals surface area contributed by atoms with Crippen molar-refractivity contribution in [3.63, 3.8) is 0 Å². The Hall–Kier alpha value is -3.12. The first-order valence-electron chi connectivity index (χ1n) is 10.4. The molecule has 162 valence electrons. The monoisotopic (exact) mass is 437 g/mol. The van der Waals surface area contributed by atoms with Gasteiger partial charge in [-0.25, -0.2) is 4.79 Å². The highest BCUT2D eigenvalue weighted by atomic mass is 32.1. The van der Waals surface area contributed by atoms with Crippen molar-refractivity contribution in [3.05, 3.63) is 70.6 Å². The van der Waals surface area contributed by atoms with E-state index in [2.05, 4.69) is 19.2 Å². The standard InChI is InChI=1S/C25H27NO4S/c1-4-17-7-11-19(12-8-17)21-16-31-24(23(21)25(28)29-6-3)26-22(27)15-30-20-13-9-18(5-2)10-14-20/h7-14,16H,4-6,15H2,1-3H3,(H,26,27). The Kier molecular flexibility index (Phi) is 7.84. The molecule has 1 heterocycles. The van der Waals surface area contributed by atoms with Gasteiger partial charge in [0.2, 0.25) is 0 Å². The van der Waals surface area contributed by atoms with E-state index in [0.717, 1.165) is 24.0 Å². The van der Waals surface area contributed by atoms with Crippen LogP contribution < -0.4 is 10.1 Å². The second kappa shape index (κ2) is 10.8. The number of hydrogen-bond acceptors (Lipinski definition) is 5. The van der Waals surface area contributed by atoms with E-state index in [4.69, 9.17) is 9.47 Å². The van der Waals surface area contributed by atoms with E-state index >= 15 is 0 Å². The second-order valence-corrected chi connectivity index (χ2v) is 7.84. The highest BCUT2D eigenvalue weighted by Crippen LogP contribution is 2.36. The van der Waals surface area contributed by atoms with E-state index in [1.807, 2.05) is 53.9 Å². The van der Waals surface area contributed by atoms with Crippen molar-refractivity contribution in [1.82, 2.24) is 0 Å². The molecule has 0 unspecified atom stereocenters. The fourth-order valence-corrected chi connectivity index (χ4v) is 4.09. The van der Waals surface area contributed by atoms with Crippen LogP contribution in [0.4, 0.5) is 5.00 Å². The summed E-state index contributed by atoms with van der Waals surface area (Å²) in [7, 11) is 0. The van der Waals surface area contributed by atoms with Crippen molar-refractivity contribution in [1.29, 1.82) is 0 Å². The van der Waals surface area contributed by atoms with E-state index in [0.29, 0.717) is 16.3 Å². The van der Waals surface area contributed by atoms with Crippen LogP contribution in [0.2, 0.25) is 0 Å². The SMILES string of the molecule is CCOC(=O)c1c(-c2ccc(CC)cc2)csc1NC(=O)COc1ccc(CC)cc1. The van der Waals surface area contributed by atoms with E-state index in [1.54, 1.807) is 6.92 Å². The van der Waals surface area contributed by atoms with Gasteiger partial charge in [0, 0.05) is 10.9 Å². The minimum Gasteiger partial charge on any atom is -0.484 e. The Morgan fingerprint density at radius 1 is 0.903 bits per heavy atom. The van der Waals surface area contributed by atoms with Crippen molar-refractivity contribution in [2.45, 2.75) is 33.6 Å². The summed E-state index contributed by atoms with van der Waals surface area (Å²) in [5.74, 6) is -0.162. The largest absolute Gasteiger partial charge is 0.484 e. The van der Waals surface area contributed by atoms with Crippen molar-refractivity contribution in [3.8, 4) is 16.9 Å². The lowest BCUT2D eigenvalue weighted by atomic mass is 10.0. The third kappa shape index (κ3) is 5.73. The number of amides is 1. The van der Waals surface area contributed by atoms with Gasteiger partial charge in [-0.15, -0.1) is 11.3 Å². The van der Waals surface area contributed by atoms with E-state index in [1.165, 1.54) is 22.5 Å². The van der Waals surface area contributed by atoms with Crippen molar-refractivity contribution in [2.24, 2.45) is 0 Å². The molecule has 0 radical (unpaired) electrons. The molecule has 0 aliphatic heterocycles. The van der Waals surface area contributed by atoms with Gasteiger partial charge < -0.3 is 14.8 Å². The number of hydrogen-bond donors (Lipinski definition) is 1. The predicted molar refractivity (Wildman–Crippen MR) is 125 cm³/mol. The van der Waals surface area contributed by atoms with Crippen LogP contribution in [0.15, 0.2) is 53.9 Å². The molecule has 1 amide bonds. The summed E-state index contributed by atoms with van der Waals surface area (Å²) in [4.78, 5) is 25.2. The molecular weight excluding hydrogens is 410 g/mol. The molecule has 3 rings (SSSR count). The smallest absolute Gasteiger partial charge is 0.341 e. The lowest BCUT2D eigenvalue weighted by Crippen LogP contribution is -2.21. The molecule has 0 atom stereocenters. The lowest BCUT2D eigenvalue weighted by molar-refractivity contribution is -0.118. The minimum atomic E-state index is -0.454. The van der Waals surface area contributed by atoms with Gasteiger partial charge in [-0.3, -0.25) is 4.79 Å². The average Bonchev–Trinajstić information content (AvgIpc) is 3.21. The third-order valence-electron chi connectivity index (χ3n) is 4.90. The first-order chi connectivity index (χ1) is 15.0. The molecule has 31 heavy (non-hydrogen) atoms. The van der Waals surface area contributed by atoms with Crippen LogP contribution in [0.3, 0.4) is 0 Å². The van der Waals surface area contributed by atoms with Gasteiger partial charge in [0.1, 0.15) is 16.3 Å². The van der Waals surface area contributed by atoms with E-state index in [-0.39, 0.29) is 19.1 Å². The summed E-state index contributed by atoms with van der Waals surface area (Å²) < 4.78 is 10.8. The highest BCUT2D eigenvalue weighted by molar-refractivity contribution is 7.15. The van der Waals surface area contributed by atoms with Crippen molar-refractivity contribution in [2.75, 3.05) is 18.5 Å². The van der Waals surface area contributed by atoms with Crippen LogP contribution >= 0.6 is 11.3 Å². The van der Waals surface area contributed by atoms with Gasteiger partial charge in [0.05, 0.1) is 6.61 Å². The summed E-state index contributed by atoms with van der Waals surface area (Å²) in [6.07, 6.45) is 1.89. The molecule has 0 aliphatic carbocycles. The Balaban J connectivity index is 1.76. The van der Waals surface area contributed by atoms with Crippen LogP contribution in [-0.4, -0.2) is 25.1 Å². The maximum atomic E-state index is 12.7. The molecule has 0 saturated heterocycles. The fourth-order valence-electron chi connectivity index (χ4n) is 3.12. The quantitative estimate of drug-likeness (QED) is 0.434. The topological polar surface area (TPSA) is 64.6 Å². The average molecular weight is 438 g/mol. The van der Waals surface area contributed by atoms with Gasteiger partial charge >= 0.3 is 5.97 Å². The first kappa shape index (κ1) is 22.6. The molecule has 3 aromatic rings. The molecule has 0 saturated carbocycles. The fraction of sp³-hybridized carbons (Fsp3) is 0.280. The number of aryl methyl sites for hydroxylation is 2. The molecule has 6 heteroatoms. The van der Waals surface area contributed by atoms with Gasteiger partial charge in [0.15, 0.2) is 6.61 Å². The van der Waals surface area contributed by atoms with E-state index < -0.39 is 5.97 Å². The first-order valence-corrected chi connectivity index (χ1v) is 11.3. The Morgan fingerprint density at radius 2 is 1.52 bits per heavy atom. The molecule has 0 fully saturated rings. The lowest BCUT2D eigenvalue weighted by Gasteiger charge is -2.10. The Bertz CT molecular complexity index is 1020. The summed E-state index contributed by atoms with van der Waals surface area (Å²) in [5, 5.41) is 5.14. The Morgan fingerprint density at radius 3 is 2.10 bits per heavy atom.